The molecule has 1 N–H and O–H groups in total. The van der Waals surface area contributed by atoms with Gasteiger partial charge in [0.15, 0.2) is 0 Å². The molecule has 0 saturated carbocycles. The SMILES string of the molecule is CC[C@H]1CN2CC[C@H]1C[C@@H]2C(O)c1ccnc2ccc(OC)cc12. The maximum Gasteiger partial charge on any atom is 0.119 e. The summed E-state index contributed by atoms with van der Waals surface area (Å²) in [7, 11) is 1.67. The summed E-state index contributed by atoms with van der Waals surface area (Å²) >= 11 is 0. The van der Waals surface area contributed by atoms with E-state index in [-0.39, 0.29) is 6.04 Å². The van der Waals surface area contributed by atoms with E-state index in [1.54, 1.807) is 13.3 Å². The van der Waals surface area contributed by atoms with Crippen LogP contribution in [0, 0.1) is 11.8 Å². The van der Waals surface area contributed by atoms with Gasteiger partial charge in [-0.15, -0.1) is 0 Å². The summed E-state index contributed by atoms with van der Waals surface area (Å²) in [4.78, 5) is 6.94. The first kappa shape index (κ1) is 15.9. The van der Waals surface area contributed by atoms with Crippen LogP contribution in [0.1, 0.15) is 37.9 Å². The van der Waals surface area contributed by atoms with Crippen molar-refractivity contribution in [2.45, 2.75) is 38.3 Å². The van der Waals surface area contributed by atoms with Gasteiger partial charge in [0, 0.05) is 24.2 Å². The van der Waals surface area contributed by atoms with Crippen LogP contribution in [-0.4, -0.2) is 41.2 Å². The van der Waals surface area contributed by atoms with Crippen molar-refractivity contribution in [2.75, 3.05) is 20.2 Å². The third-order valence-corrected chi connectivity index (χ3v) is 6.13. The number of rotatable bonds is 4. The summed E-state index contributed by atoms with van der Waals surface area (Å²) in [5, 5.41) is 12.2. The summed E-state index contributed by atoms with van der Waals surface area (Å²) in [6, 6.07) is 8.07. The molecule has 4 heterocycles. The molecule has 2 bridgehead atoms. The van der Waals surface area contributed by atoms with Crippen LogP contribution in [0.3, 0.4) is 0 Å². The molecule has 24 heavy (non-hydrogen) atoms. The minimum atomic E-state index is -0.469. The van der Waals surface area contributed by atoms with Crippen molar-refractivity contribution in [3.8, 4) is 5.75 Å². The first-order valence-corrected chi connectivity index (χ1v) is 9.06. The van der Waals surface area contributed by atoms with Crippen molar-refractivity contribution in [3.05, 3.63) is 36.0 Å². The molecule has 2 aromatic rings. The van der Waals surface area contributed by atoms with E-state index in [0.717, 1.165) is 53.6 Å². The molecule has 3 saturated heterocycles. The number of hydrogen-bond acceptors (Lipinski definition) is 4. The van der Waals surface area contributed by atoms with Crippen molar-refractivity contribution in [1.29, 1.82) is 0 Å². The zero-order valence-corrected chi connectivity index (χ0v) is 14.5. The quantitative estimate of drug-likeness (QED) is 0.935. The second-order valence-corrected chi connectivity index (χ2v) is 7.24. The lowest BCUT2D eigenvalue weighted by Gasteiger charge is -2.51. The first-order valence-electron chi connectivity index (χ1n) is 9.06. The minimum Gasteiger partial charge on any atom is -0.497 e. The van der Waals surface area contributed by atoms with Crippen molar-refractivity contribution in [3.63, 3.8) is 0 Å². The van der Waals surface area contributed by atoms with Gasteiger partial charge in [0.25, 0.3) is 0 Å². The number of nitrogens with zero attached hydrogens (tertiary/aromatic N) is 2. The number of hydrogen-bond donors (Lipinski definition) is 1. The molecule has 0 spiro atoms. The van der Waals surface area contributed by atoms with E-state index in [4.69, 9.17) is 4.74 Å². The molecule has 0 radical (unpaired) electrons. The van der Waals surface area contributed by atoms with Crippen LogP contribution in [0.5, 0.6) is 5.75 Å². The molecular weight excluding hydrogens is 300 g/mol. The maximum absolute atomic E-state index is 11.2. The number of aromatic nitrogens is 1. The summed E-state index contributed by atoms with van der Waals surface area (Å²) in [5.41, 5.74) is 1.89. The van der Waals surface area contributed by atoms with Crippen molar-refractivity contribution in [1.82, 2.24) is 9.88 Å². The number of aliphatic hydroxyl groups is 1. The molecule has 0 aliphatic carbocycles. The van der Waals surface area contributed by atoms with E-state index < -0.39 is 6.10 Å². The molecule has 4 nitrogen and oxygen atoms in total. The predicted molar refractivity (Wildman–Crippen MR) is 95.1 cm³/mol. The topological polar surface area (TPSA) is 45.6 Å². The van der Waals surface area contributed by atoms with Gasteiger partial charge in [0.1, 0.15) is 5.75 Å². The number of fused-ring (bicyclic) bond motifs is 4. The normalized spacial score (nSPS) is 30.5. The van der Waals surface area contributed by atoms with Gasteiger partial charge in [0.05, 0.1) is 18.7 Å². The highest BCUT2D eigenvalue weighted by atomic mass is 16.5. The molecule has 2 unspecified atom stereocenters. The highest BCUT2D eigenvalue weighted by molar-refractivity contribution is 5.83. The molecule has 1 aromatic heterocycles. The van der Waals surface area contributed by atoms with Crippen LogP contribution in [0.4, 0.5) is 0 Å². The number of benzene rings is 1. The summed E-state index contributed by atoms with van der Waals surface area (Å²) in [5.74, 6) is 2.37. The Morgan fingerprint density at radius 1 is 1.38 bits per heavy atom. The summed E-state index contributed by atoms with van der Waals surface area (Å²) in [6.45, 7) is 4.55. The van der Waals surface area contributed by atoms with Gasteiger partial charge in [-0.3, -0.25) is 9.88 Å². The number of methoxy groups -OCH3 is 1. The highest BCUT2D eigenvalue weighted by Gasteiger charge is 2.42. The van der Waals surface area contributed by atoms with Crippen LogP contribution in [0.2, 0.25) is 0 Å². The Morgan fingerprint density at radius 2 is 2.25 bits per heavy atom. The van der Waals surface area contributed by atoms with E-state index in [1.165, 1.54) is 12.8 Å². The Morgan fingerprint density at radius 3 is 2.96 bits per heavy atom. The van der Waals surface area contributed by atoms with E-state index in [0.29, 0.717) is 0 Å². The van der Waals surface area contributed by atoms with Crippen LogP contribution < -0.4 is 4.74 Å². The van der Waals surface area contributed by atoms with Gasteiger partial charge >= 0.3 is 0 Å². The number of ether oxygens (including phenoxy) is 1. The van der Waals surface area contributed by atoms with Gasteiger partial charge < -0.3 is 9.84 Å². The van der Waals surface area contributed by atoms with Crippen LogP contribution in [0.15, 0.2) is 30.5 Å². The number of aliphatic hydroxyl groups excluding tert-OH is 1. The minimum absolute atomic E-state index is 0.225. The lowest BCUT2D eigenvalue weighted by molar-refractivity contribution is -0.0562. The number of piperidine rings is 3. The third kappa shape index (κ3) is 2.58. The van der Waals surface area contributed by atoms with E-state index in [2.05, 4.69) is 16.8 Å². The largest absolute Gasteiger partial charge is 0.497 e. The van der Waals surface area contributed by atoms with Crippen molar-refractivity contribution in [2.24, 2.45) is 11.8 Å². The Hall–Kier alpha value is -1.65. The fourth-order valence-electron chi connectivity index (χ4n) is 4.71. The molecular formula is C20H26N2O2. The standard InChI is InChI=1S/C20H26N2O2/c1-3-13-12-22-9-7-14(13)10-19(22)20(23)16-6-8-21-18-5-4-15(24-2)11-17(16)18/h4-6,8,11,13-14,19-20,23H,3,7,9-10,12H2,1-2H3/t13-,14-,19+,20?/m0/s1. The predicted octanol–water partition coefficient (Wildman–Crippen LogP) is 3.40. The molecule has 128 valence electrons. The Kier molecular flexibility index (Phi) is 4.19. The van der Waals surface area contributed by atoms with E-state index in [1.807, 2.05) is 24.3 Å². The Balaban J connectivity index is 1.68. The Bertz CT molecular complexity index is 733. The zero-order valence-electron chi connectivity index (χ0n) is 14.5. The second-order valence-electron chi connectivity index (χ2n) is 7.24. The average Bonchev–Trinajstić information content (AvgIpc) is 2.66. The smallest absolute Gasteiger partial charge is 0.119 e. The summed E-state index contributed by atoms with van der Waals surface area (Å²) < 4.78 is 5.36. The fraction of sp³-hybridized carbons (Fsp3) is 0.550. The van der Waals surface area contributed by atoms with E-state index >= 15 is 0 Å². The molecule has 4 heteroatoms. The number of pyridine rings is 1. The van der Waals surface area contributed by atoms with Crippen LogP contribution in [0.25, 0.3) is 10.9 Å². The Labute approximate surface area is 143 Å². The molecule has 3 aliphatic heterocycles. The third-order valence-electron chi connectivity index (χ3n) is 6.13. The first-order chi connectivity index (χ1) is 11.7. The van der Waals surface area contributed by atoms with E-state index in [9.17, 15) is 5.11 Å². The molecule has 3 fully saturated rings. The summed E-state index contributed by atoms with van der Waals surface area (Å²) in [6.07, 6.45) is 4.97. The molecule has 5 rings (SSSR count). The zero-order chi connectivity index (χ0) is 16.7. The van der Waals surface area contributed by atoms with Crippen molar-refractivity contribution < 1.29 is 9.84 Å². The second kappa shape index (κ2) is 6.34. The fourth-order valence-corrected chi connectivity index (χ4v) is 4.71. The van der Waals surface area contributed by atoms with Gasteiger partial charge in [-0.2, -0.15) is 0 Å². The van der Waals surface area contributed by atoms with Crippen molar-refractivity contribution >= 4 is 10.9 Å². The van der Waals surface area contributed by atoms with Gasteiger partial charge in [-0.05, 0) is 61.1 Å². The molecule has 1 aromatic carbocycles. The highest BCUT2D eigenvalue weighted by Crippen LogP contribution is 2.42. The molecule has 0 amide bonds. The lowest BCUT2D eigenvalue weighted by atomic mass is 9.72. The molecule has 3 aliphatic rings. The van der Waals surface area contributed by atoms with Gasteiger partial charge in [-0.1, -0.05) is 13.3 Å². The van der Waals surface area contributed by atoms with Crippen LogP contribution >= 0.6 is 0 Å². The average molecular weight is 326 g/mol. The maximum atomic E-state index is 11.2. The lowest BCUT2D eigenvalue weighted by Crippen LogP contribution is -2.55. The monoisotopic (exact) mass is 326 g/mol. The van der Waals surface area contributed by atoms with Gasteiger partial charge in [-0.25, -0.2) is 0 Å². The molecule has 5 atom stereocenters. The van der Waals surface area contributed by atoms with Crippen LogP contribution in [-0.2, 0) is 0 Å². The van der Waals surface area contributed by atoms with Gasteiger partial charge in [0.2, 0.25) is 0 Å².